The van der Waals surface area contributed by atoms with E-state index in [2.05, 4.69) is 9.47 Å². The van der Waals surface area contributed by atoms with Crippen LogP contribution in [0.1, 0.15) is 33.6 Å². The summed E-state index contributed by atoms with van der Waals surface area (Å²) < 4.78 is 9.06. The van der Waals surface area contributed by atoms with E-state index in [0.717, 1.165) is 0 Å². The second-order valence-corrected chi connectivity index (χ2v) is 3.80. The van der Waals surface area contributed by atoms with Crippen molar-refractivity contribution in [2.75, 3.05) is 13.2 Å². The largest absolute Gasteiger partial charge is 0.460 e. The topological polar surface area (TPSA) is 86.7 Å². The summed E-state index contributed by atoms with van der Waals surface area (Å²) in [6, 6.07) is 0. The molecule has 0 saturated heterocycles. The summed E-state index contributed by atoms with van der Waals surface area (Å²) >= 11 is 0. The Balaban J connectivity index is 4.14. The molecule has 0 amide bonds. The van der Waals surface area contributed by atoms with Crippen molar-refractivity contribution >= 4 is 23.5 Å². The summed E-state index contributed by atoms with van der Waals surface area (Å²) in [7, 11) is 0. The second kappa shape index (κ2) is 8.38. The van der Waals surface area contributed by atoms with Gasteiger partial charge in [-0.2, -0.15) is 0 Å². The molecule has 102 valence electrons. The van der Waals surface area contributed by atoms with E-state index >= 15 is 0 Å². The average molecular weight is 258 g/mol. The van der Waals surface area contributed by atoms with E-state index in [4.69, 9.17) is 0 Å². The SMILES string of the molecule is CCOC(=O)C(=O)CC(C)CC(=O)C(=O)OCC. The monoisotopic (exact) mass is 258 g/mol. The van der Waals surface area contributed by atoms with Crippen molar-refractivity contribution in [2.45, 2.75) is 33.6 Å². The predicted molar refractivity (Wildman–Crippen MR) is 61.7 cm³/mol. The van der Waals surface area contributed by atoms with Crippen molar-refractivity contribution in [3.05, 3.63) is 0 Å². The van der Waals surface area contributed by atoms with Crippen LogP contribution in [0.4, 0.5) is 0 Å². The van der Waals surface area contributed by atoms with Crippen LogP contribution in [0.2, 0.25) is 0 Å². The third-order valence-corrected chi connectivity index (χ3v) is 2.07. The third-order valence-electron chi connectivity index (χ3n) is 2.07. The van der Waals surface area contributed by atoms with E-state index in [1.807, 2.05) is 0 Å². The van der Waals surface area contributed by atoms with Gasteiger partial charge >= 0.3 is 11.9 Å². The van der Waals surface area contributed by atoms with Crippen molar-refractivity contribution in [2.24, 2.45) is 5.92 Å². The number of ketones is 2. The molecule has 0 atom stereocenters. The van der Waals surface area contributed by atoms with Crippen LogP contribution in [0, 0.1) is 5.92 Å². The summed E-state index contributed by atoms with van der Waals surface area (Å²) in [6.07, 6.45) is -0.242. The molecule has 0 radical (unpaired) electrons. The van der Waals surface area contributed by atoms with E-state index in [0.29, 0.717) is 0 Å². The van der Waals surface area contributed by atoms with Crippen LogP contribution in [0.5, 0.6) is 0 Å². The Kier molecular flexibility index (Phi) is 7.58. The Labute approximate surface area is 106 Å². The quantitative estimate of drug-likeness (QED) is 0.469. The number of carbonyl (C=O) groups excluding carboxylic acids is 4. The van der Waals surface area contributed by atoms with Crippen LogP contribution in [0.3, 0.4) is 0 Å². The zero-order valence-corrected chi connectivity index (χ0v) is 10.9. The minimum atomic E-state index is -0.909. The second-order valence-electron chi connectivity index (χ2n) is 3.80. The molecular weight excluding hydrogens is 240 g/mol. The normalized spacial score (nSPS) is 10.0. The number of ether oxygens (including phenoxy) is 2. The summed E-state index contributed by atoms with van der Waals surface area (Å²) in [4.78, 5) is 44.7. The highest BCUT2D eigenvalue weighted by atomic mass is 16.5. The van der Waals surface area contributed by atoms with Crippen molar-refractivity contribution in [3.63, 3.8) is 0 Å². The Morgan fingerprint density at radius 3 is 1.44 bits per heavy atom. The standard InChI is InChI=1S/C12H18O6/c1-4-17-11(15)9(13)6-8(3)7-10(14)12(16)18-5-2/h8H,4-7H2,1-3H3. The molecule has 0 aliphatic heterocycles. The van der Waals surface area contributed by atoms with Gasteiger partial charge in [0.15, 0.2) is 0 Å². The van der Waals surface area contributed by atoms with Crippen molar-refractivity contribution in [1.29, 1.82) is 0 Å². The fraction of sp³-hybridized carbons (Fsp3) is 0.667. The molecule has 0 rings (SSSR count). The summed E-state index contributed by atoms with van der Waals surface area (Å²) in [5.74, 6) is -3.61. The summed E-state index contributed by atoms with van der Waals surface area (Å²) in [5, 5.41) is 0. The van der Waals surface area contributed by atoms with Crippen LogP contribution in [-0.4, -0.2) is 36.7 Å². The minimum absolute atomic E-state index is 0.121. The molecule has 0 N–H and O–H groups in total. The maximum atomic E-state index is 11.3. The van der Waals surface area contributed by atoms with Gasteiger partial charge in [0.1, 0.15) is 0 Å². The van der Waals surface area contributed by atoms with Gasteiger partial charge in [-0.05, 0) is 19.8 Å². The Hall–Kier alpha value is -1.72. The number of carbonyl (C=O) groups is 4. The van der Waals surface area contributed by atoms with Gasteiger partial charge in [-0.25, -0.2) is 9.59 Å². The van der Waals surface area contributed by atoms with E-state index in [-0.39, 0.29) is 26.1 Å². The smallest absolute Gasteiger partial charge is 0.374 e. The first-order valence-corrected chi connectivity index (χ1v) is 5.82. The fourth-order valence-electron chi connectivity index (χ4n) is 1.29. The lowest BCUT2D eigenvalue weighted by atomic mass is 9.98. The van der Waals surface area contributed by atoms with Gasteiger partial charge in [-0.1, -0.05) is 6.92 Å². The molecule has 0 aliphatic carbocycles. The summed E-state index contributed by atoms with van der Waals surface area (Å²) in [6.45, 7) is 5.05. The van der Waals surface area contributed by atoms with Crippen molar-refractivity contribution < 1.29 is 28.7 Å². The Bertz CT molecular complexity index is 301. The predicted octanol–water partition coefficient (Wildman–Crippen LogP) is 0.667. The average Bonchev–Trinajstić information content (AvgIpc) is 2.29. The molecule has 0 spiro atoms. The van der Waals surface area contributed by atoms with E-state index < -0.39 is 29.4 Å². The van der Waals surface area contributed by atoms with Gasteiger partial charge < -0.3 is 9.47 Å². The molecule has 0 fully saturated rings. The minimum Gasteiger partial charge on any atom is -0.460 e. The van der Waals surface area contributed by atoms with Gasteiger partial charge in [-0.3, -0.25) is 9.59 Å². The molecule has 0 aromatic rings. The van der Waals surface area contributed by atoms with Crippen LogP contribution >= 0.6 is 0 Å². The van der Waals surface area contributed by atoms with Crippen molar-refractivity contribution in [3.8, 4) is 0 Å². The summed E-state index contributed by atoms with van der Waals surface area (Å²) in [5.41, 5.74) is 0. The lowest BCUT2D eigenvalue weighted by molar-refractivity contribution is -0.155. The Morgan fingerprint density at radius 2 is 1.17 bits per heavy atom. The molecule has 0 aliphatic rings. The molecule has 0 bridgehead atoms. The molecule has 0 saturated carbocycles. The Morgan fingerprint density at radius 1 is 0.833 bits per heavy atom. The molecular formula is C12H18O6. The molecule has 0 aromatic heterocycles. The van der Waals surface area contributed by atoms with Gasteiger partial charge in [0.25, 0.3) is 0 Å². The number of esters is 2. The zero-order valence-electron chi connectivity index (χ0n) is 10.9. The zero-order chi connectivity index (χ0) is 14.1. The molecule has 6 heteroatoms. The molecule has 18 heavy (non-hydrogen) atoms. The highest BCUT2D eigenvalue weighted by Gasteiger charge is 2.23. The fourth-order valence-corrected chi connectivity index (χ4v) is 1.29. The highest BCUT2D eigenvalue weighted by molar-refractivity contribution is 6.35. The van der Waals surface area contributed by atoms with Crippen LogP contribution in [0.15, 0.2) is 0 Å². The van der Waals surface area contributed by atoms with Crippen LogP contribution in [-0.2, 0) is 28.7 Å². The van der Waals surface area contributed by atoms with E-state index in [1.54, 1.807) is 20.8 Å². The van der Waals surface area contributed by atoms with Crippen molar-refractivity contribution in [1.82, 2.24) is 0 Å². The van der Waals surface area contributed by atoms with Crippen LogP contribution in [0.25, 0.3) is 0 Å². The highest BCUT2D eigenvalue weighted by Crippen LogP contribution is 2.10. The number of rotatable bonds is 8. The lowest BCUT2D eigenvalue weighted by Gasteiger charge is -2.08. The van der Waals surface area contributed by atoms with E-state index in [1.165, 1.54) is 0 Å². The van der Waals surface area contributed by atoms with Gasteiger partial charge in [0.2, 0.25) is 11.6 Å². The van der Waals surface area contributed by atoms with Gasteiger partial charge in [0, 0.05) is 12.8 Å². The number of hydrogen-bond acceptors (Lipinski definition) is 6. The molecule has 0 heterocycles. The number of Topliss-reactive ketones (excluding diaryl/α,β-unsaturated/α-hetero) is 2. The van der Waals surface area contributed by atoms with Gasteiger partial charge in [-0.15, -0.1) is 0 Å². The van der Waals surface area contributed by atoms with Crippen LogP contribution < -0.4 is 0 Å². The molecule has 6 nitrogen and oxygen atoms in total. The molecule has 0 unspecified atom stereocenters. The number of hydrogen-bond donors (Lipinski definition) is 0. The van der Waals surface area contributed by atoms with Gasteiger partial charge in [0.05, 0.1) is 13.2 Å². The first kappa shape index (κ1) is 16.3. The lowest BCUT2D eigenvalue weighted by Crippen LogP contribution is -2.23. The maximum absolute atomic E-state index is 11.3. The van der Waals surface area contributed by atoms with E-state index in [9.17, 15) is 19.2 Å². The first-order chi connectivity index (χ1) is 8.42. The maximum Gasteiger partial charge on any atom is 0.374 e. The first-order valence-electron chi connectivity index (χ1n) is 5.82. The third kappa shape index (κ3) is 6.12. The molecule has 0 aromatic carbocycles.